The lowest BCUT2D eigenvalue weighted by Crippen LogP contribution is -2.31. The fourth-order valence-corrected chi connectivity index (χ4v) is 11.7. The van der Waals surface area contributed by atoms with Gasteiger partial charge in [-0.3, -0.25) is 0 Å². The van der Waals surface area contributed by atoms with Crippen LogP contribution in [0.3, 0.4) is 0 Å². The number of hydrogen-bond acceptors (Lipinski definition) is 0. The summed E-state index contributed by atoms with van der Waals surface area (Å²) in [5, 5.41) is 5.96. The molecule has 0 nitrogen and oxygen atoms in total. The molecule has 2 aliphatic carbocycles. The number of rotatable bonds is 6. The van der Waals surface area contributed by atoms with Crippen molar-refractivity contribution < 1.29 is 0 Å². The summed E-state index contributed by atoms with van der Waals surface area (Å²) in [7, 11) is -0.997. The smallest absolute Gasteiger partial charge is 0.0276 e. The van der Waals surface area contributed by atoms with Crippen LogP contribution in [0.15, 0.2) is 145 Å². The molecule has 1 unspecified atom stereocenters. The van der Waals surface area contributed by atoms with Crippen molar-refractivity contribution in [3.63, 3.8) is 0 Å². The maximum Gasteiger partial charge on any atom is 0.0276 e. The maximum atomic E-state index is 2.55. The highest BCUT2D eigenvalue weighted by molar-refractivity contribution is 7.75. The quantitative estimate of drug-likeness (QED) is 0.255. The molecular weight excluding hydrogens is 458 g/mol. The molecule has 4 aromatic carbocycles. The molecule has 0 spiro atoms. The van der Waals surface area contributed by atoms with Crippen molar-refractivity contribution in [1.82, 2.24) is 0 Å². The molecule has 172 valence electrons. The molecule has 6 rings (SSSR count). The zero-order valence-corrected chi connectivity index (χ0v) is 21.7. The van der Waals surface area contributed by atoms with E-state index in [1.165, 1.54) is 40.5 Å². The zero-order chi connectivity index (χ0) is 23.5. The molecule has 0 bridgehead atoms. The number of benzene rings is 4. The molecule has 0 heterocycles. The molecule has 0 amide bonds. The molecule has 4 aromatic rings. The zero-order valence-electron chi connectivity index (χ0n) is 19.9. The Labute approximate surface area is 211 Å². The van der Waals surface area contributed by atoms with E-state index in [0.29, 0.717) is 11.3 Å². The normalized spacial score (nSPS) is 19.4. The van der Waals surface area contributed by atoms with E-state index >= 15 is 0 Å². The molecule has 2 atom stereocenters. The van der Waals surface area contributed by atoms with Gasteiger partial charge in [0.05, 0.1) is 0 Å². The summed E-state index contributed by atoms with van der Waals surface area (Å²) < 4.78 is 0. The Morgan fingerprint density at radius 1 is 0.514 bits per heavy atom. The molecule has 0 saturated carbocycles. The van der Waals surface area contributed by atoms with Gasteiger partial charge in [0.1, 0.15) is 0 Å². The highest BCUT2D eigenvalue weighted by Gasteiger charge is 2.40. The van der Waals surface area contributed by atoms with Crippen LogP contribution in [0.5, 0.6) is 0 Å². The molecule has 0 saturated heterocycles. The van der Waals surface area contributed by atoms with Gasteiger partial charge in [-0.05, 0) is 67.5 Å². The van der Waals surface area contributed by atoms with Crippen LogP contribution in [0.25, 0.3) is 0 Å². The van der Waals surface area contributed by atoms with Crippen molar-refractivity contribution in [1.29, 1.82) is 0 Å². The Balaban J connectivity index is 1.48. The van der Waals surface area contributed by atoms with Crippen LogP contribution in [0, 0.1) is 0 Å². The van der Waals surface area contributed by atoms with Gasteiger partial charge in [0.15, 0.2) is 0 Å². The average Bonchev–Trinajstić information content (AvgIpc) is 3.36. The van der Waals surface area contributed by atoms with Gasteiger partial charge in [0.2, 0.25) is 0 Å². The van der Waals surface area contributed by atoms with E-state index in [4.69, 9.17) is 0 Å². The van der Waals surface area contributed by atoms with Crippen LogP contribution < -0.4 is 21.2 Å². The standard InChI is InChI=1S/C33H30P2/c1-5-15-27(16-6-1)34(28-17-7-2-8-18-28)31-23-13-14-26-24-25-32(33(26)31)35(29-19-9-3-10-20-29)30-21-11-4-12-22-30/h1-12,15-22,24-25,31-32H,13-14,23H2/t31-,32?/m0/s1. The largest absolute Gasteiger partial charge is 0.0721 e. The van der Waals surface area contributed by atoms with E-state index in [0.717, 1.165) is 0 Å². The highest BCUT2D eigenvalue weighted by Crippen LogP contribution is 2.57. The average molecular weight is 489 g/mol. The second-order valence-electron chi connectivity index (χ2n) is 9.27. The van der Waals surface area contributed by atoms with Crippen molar-refractivity contribution in [2.24, 2.45) is 0 Å². The molecule has 0 N–H and O–H groups in total. The molecular formula is C33H30P2. The van der Waals surface area contributed by atoms with Gasteiger partial charge < -0.3 is 0 Å². The van der Waals surface area contributed by atoms with Crippen LogP contribution >= 0.6 is 15.8 Å². The molecule has 2 aliphatic rings. The van der Waals surface area contributed by atoms with Gasteiger partial charge in [-0.2, -0.15) is 0 Å². The van der Waals surface area contributed by atoms with Crippen molar-refractivity contribution in [2.75, 3.05) is 0 Å². The van der Waals surface area contributed by atoms with Crippen LogP contribution in [0.1, 0.15) is 19.3 Å². The minimum Gasteiger partial charge on any atom is -0.0721 e. The summed E-state index contributed by atoms with van der Waals surface area (Å²) in [5.74, 6) is 0. The molecule has 0 aromatic heterocycles. The molecule has 35 heavy (non-hydrogen) atoms. The molecule has 0 radical (unpaired) electrons. The van der Waals surface area contributed by atoms with Gasteiger partial charge >= 0.3 is 0 Å². The van der Waals surface area contributed by atoms with Gasteiger partial charge in [-0.15, -0.1) is 0 Å². The fourth-order valence-electron chi connectivity index (χ4n) is 5.70. The molecule has 0 fully saturated rings. The molecule has 0 aliphatic heterocycles. The first-order valence-electron chi connectivity index (χ1n) is 12.6. The Morgan fingerprint density at radius 2 is 0.943 bits per heavy atom. The molecule has 2 heteroatoms. The SMILES string of the molecule is C1=CC(P(c2ccccc2)c2ccccc2)C2=C1CCC[C@@H]2P(c1ccccc1)c1ccccc1. The minimum atomic E-state index is -0.519. The predicted octanol–water partition coefficient (Wildman–Crippen LogP) is 7.04. The third-order valence-electron chi connectivity index (χ3n) is 7.18. The van der Waals surface area contributed by atoms with E-state index in [9.17, 15) is 0 Å². The Morgan fingerprint density at radius 3 is 1.40 bits per heavy atom. The van der Waals surface area contributed by atoms with Crippen LogP contribution in [-0.4, -0.2) is 11.3 Å². The van der Waals surface area contributed by atoms with E-state index in [2.05, 4.69) is 133 Å². The predicted molar refractivity (Wildman–Crippen MR) is 156 cm³/mol. The third-order valence-corrected chi connectivity index (χ3v) is 12.8. The summed E-state index contributed by atoms with van der Waals surface area (Å²) in [6.45, 7) is 0. The lowest BCUT2D eigenvalue weighted by Gasteiger charge is -2.38. The summed E-state index contributed by atoms with van der Waals surface area (Å²) in [6.07, 6.45) is 8.82. The Kier molecular flexibility index (Phi) is 6.77. The fraction of sp³-hybridized carbons (Fsp3) is 0.152. The van der Waals surface area contributed by atoms with Crippen LogP contribution in [-0.2, 0) is 0 Å². The lowest BCUT2D eigenvalue weighted by molar-refractivity contribution is 0.690. The second-order valence-corrected chi connectivity index (χ2v) is 14.0. The third kappa shape index (κ3) is 4.59. The highest BCUT2D eigenvalue weighted by atomic mass is 31.1. The summed E-state index contributed by atoms with van der Waals surface area (Å²) >= 11 is 0. The minimum absolute atomic E-state index is 0.465. The summed E-state index contributed by atoms with van der Waals surface area (Å²) in [6, 6.07) is 45.1. The second kappa shape index (κ2) is 10.5. The van der Waals surface area contributed by atoms with Crippen molar-refractivity contribution >= 4 is 37.1 Å². The Hall–Kier alpha value is -2.78. The van der Waals surface area contributed by atoms with Crippen LogP contribution in [0.2, 0.25) is 0 Å². The number of hydrogen-bond donors (Lipinski definition) is 0. The first kappa shape index (κ1) is 22.7. The van der Waals surface area contributed by atoms with Crippen molar-refractivity contribution in [3.8, 4) is 0 Å². The van der Waals surface area contributed by atoms with Gasteiger partial charge in [0, 0.05) is 11.3 Å². The first-order valence-corrected chi connectivity index (χ1v) is 15.4. The van der Waals surface area contributed by atoms with E-state index in [-0.39, 0.29) is 0 Å². The van der Waals surface area contributed by atoms with Gasteiger partial charge in [-0.1, -0.05) is 133 Å². The lowest BCUT2D eigenvalue weighted by atomic mass is 9.93. The van der Waals surface area contributed by atoms with E-state index in [1.54, 1.807) is 11.1 Å². The van der Waals surface area contributed by atoms with Crippen molar-refractivity contribution in [2.45, 2.75) is 30.6 Å². The first-order chi connectivity index (χ1) is 17.4. The number of allylic oxidation sites excluding steroid dienone is 4. The summed E-state index contributed by atoms with van der Waals surface area (Å²) in [4.78, 5) is 0. The monoisotopic (exact) mass is 488 g/mol. The summed E-state index contributed by atoms with van der Waals surface area (Å²) in [5.41, 5.74) is 4.39. The Bertz CT molecular complexity index is 1230. The van der Waals surface area contributed by atoms with Gasteiger partial charge in [-0.25, -0.2) is 0 Å². The van der Waals surface area contributed by atoms with Crippen molar-refractivity contribution in [3.05, 3.63) is 145 Å². The topological polar surface area (TPSA) is 0 Å². The van der Waals surface area contributed by atoms with Gasteiger partial charge in [0.25, 0.3) is 0 Å². The van der Waals surface area contributed by atoms with E-state index in [1.807, 2.05) is 0 Å². The maximum absolute atomic E-state index is 2.55. The van der Waals surface area contributed by atoms with E-state index < -0.39 is 15.8 Å². The van der Waals surface area contributed by atoms with Crippen LogP contribution in [0.4, 0.5) is 0 Å².